The van der Waals surface area contributed by atoms with Gasteiger partial charge in [0.05, 0.1) is 5.69 Å². The van der Waals surface area contributed by atoms with Crippen molar-refractivity contribution in [1.82, 2.24) is 19.8 Å². The van der Waals surface area contributed by atoms with Gasteiger partial charge >= 0.3 is 0 Å². The maximum absolute atomic E-state index is 12.0. The number of carbonyl (C=O) groups excluding carboxylic acids is 1. The van der Waals surface area contributed by atoms with Crippen molar-refractivity contribution in [1.29, 1.82) is 0 Å². The zero-order valence-corrected chi connectivity index (χ0v) is 17.0. The zero-order chi connectivity index (χ0) is 19.0. The van der Waals surface area contributed by atoms with Crippen LogP contribution in [-0.4, -0.2) is 71.5 Å². The van der Waals surface area contributed by atoms with Crippen molar-refractivity contribution < 1.29 is 4.79 Å². The van der Waals surface area contributed by atoms with Gasteiger partial charge < -0.3 is 14.7 Å². The maximum Gasteiger partial charge on any atom is 0.222 e. The van der Waals surface area contributed by atoms with Gasteiger partial charge in [0.25, 0.3) is 0 Å². The lowest BCUT2D eigenvalue weighted by atomic mass is 9.92. The fraction of sp³-hybridized carbons (Fsp3) is 0.762. The Morgan fingerprint density at radius 2 is 1.78 bits per heavy atom. The van der Waals surface area contributed by atoms with Gasteiger partial charge in [0, 0.05) is 63.7 Å². The Bertz CT molecular complexity index is 671. The second-order valence-corrected chi connectivity index (χ2v) is 9.53. The Hall–Kier alpha value is -1.69. The highest BCUT2D eigenvalue weighted by molar-refractivity contribution is 5.76. The number of fused-ring (bicyclic) bond motifs is 1. The van der Waals surface area contributed by atoms with E-state index in [2.05, 4.69) is 51.5 Å². The molecule has 0 radical (unpaired) electrons. The minimum Gasteiger partial charge on any atom is -0.356 e. The molecule has 0 spiro atoms. The Labute approximate surface area is 162 Å². The molecule has 4 heterocycles. The normalized spacial score (nSPS) is 26.7. The largest absolute Gasteiger partial charge is 0.356 e. The summed E-state index contributed by atoms with van der Waals surface area (Å²) in [6.07, 6.45) is 4.70. The first-order valence-corrected chi connectivity index (χ1v) is 10.5. The molecule has 6 nitrogen and oxygen atoms in total. The molecule has 3 saturated heterocycles. The first-order chi connectivity index (χ1) is 12.9. The van der Waals surface area contributed by atoms with Gasteiger partial charge in [-0.15, -0.1) is 0 Å². The molecule has 4 rings (SSSR count). The highest BCUT2D eigenvalue weighted by Crippen LogP contribution is 2.34. The van der Waals surface area contributed by atoms with Crippen LogP contribution in [0.2, 0.25) is 0 Å². The summed E-state index contributed by atoms with van der Waals surface area (Å²) in [5.74, 6) is 2.87. The minimum atomic E-state index is 0.0516. The lowest BCUT2D eigenvalue weighted by Crippen LogP contribution is -2.41. The molecule has 1 amide bonds. The van der Waals surface area contributed by atoms with E-state index >= 15 is 0 Å². The van der Waals surface area contributed by atoms with Crippen LogP contribution in [0.5, 0.6) is 0 Å². The van der Waals surface area contributed by atoms with E-state index in [1.807, 2.05) is 0 Å². The fourth-order valence-electron chi connectivity index (χ4n) is 4.75. The highest BCUT2D eigenvalue weighted by atomic mass is 16.2. The van der Waals surface area contributed by atoms with E-state index in [1.54, 1.807) is 6.33 Å². The molecule has 0 N–H and O–H groups in total. The van der Waals surface area contributed by atoms with Gasteiger partial charge in [-0.25, -0.2) is 9.97 Å². The molecule has 3 aliphatic rings. The number of hydrogen-bond acceptors (Lipinski definition) is 5. The summed E-state index contributed by atoms with van der Waals surface area (Å²) < 4.78 is 0. The summed E-state index contributed by atoms with van der Waals surface area (Å²) >= 11 is 0. The molecular weight excluding hydrogens is 338 g/mol. The summed E-state index contributed by atoms with van der Waals surface area (Å²) in [6, 6.07) is 2.17. The van der Waals surface area contributed by atoms with Crippen LogP contribution in [0.3, 0.4) is 0 Å². The molecule has 0 aromatic carbocycles. The number of carbonyl (C=O) groups is 1. The molecule has 0 aliphatic carbocycles. The average molecular weight is 372 g/mol. The van der Waals surface area contributed by atoms with Crippen LogP contribution < -0.4 is 4.90 Å². The van der Waals surface area contributed by atoms with Gasteiger partial charge in [-0.1, -0.05) is 20.8 Å². The van der Waals surface area contributed by atoms with Gasteiger partial charge in [0.15, 0.2) is 0 Å². The topological polar surface area (TPSA) is 52.6 Å². The number of anilines is 1. The third kappa shape index (κ3) is 4.10. The summed E-state index contributed by atoms with van der Waals surface area (Å²) in [6.45, 7) is 14.0. The molecule has 148 valence electrons. The lowest BCUT2D eigenvalue weighted by molar-refractivity contribution is -0.133. The predicted molar refractivity (Wildman–Crippen MR) is 107 cm³/mol. The van der Waals surface area contributed by atoms with Crippen molar-refractivity contribution in [2.75, 3.05) is 50.7 Å². The number of piperidine rings is 1. The van der Waals surface area contributed by atoms with Crippen LogP contribution in [0.4, 0.5) is 5.82 Å². The molecule has 6 heteroatoms. The van der Waals surface area contributed by atoms with Crippen LogP contribution in [0.15, 0.2) is 12.4 Å². The van der Waals surface area contributed by atoms with Crippen LogP contribution in [-0.2, 0) is 10.2 Å². The first-order valence-electron chi connectivity index (χ1n) is 10.5. The molecule has 1 aromatic rings. The molecule has 0 bridgehead atoms. The number of hydrogen-bond donors (Lipinski definition) is 0. The SMILES string of the molecule is CC(C)(C)c1cc(N2CC3CN(CCN4CCCCC4=O)CC3C2)ncn1. The van der Waals surface area contributed by atoms with Crippen LogP contribution in [0, 0.1) is 11.8 Å². The molecule has 3 fully saturated rings. The number of aromatic nitrogens is 2. The van der Waals surface area contributed by atoms with Gasteiger partial charge in [0.1, 0.15) is 12.1 Å². The van der Waals surface area contributed by atoms with Gasteiger partial charge in [-0.3, -0.25) is 4.79 Å². The smallest absolute Gasteiger partial charge is 0.222 e. The van der Waals surface area contributed by atoms with Crippen molar-refractivity contribution >= 4 is 11.7 Å². The molecule has 0 saturated carbocycles. The highest BCUT2D eigenvalue weighted by Gasteiger charge is 2.40. The quantitative estimate of drug-likeness (QED) is 0.812. The van der Waals surface area contributed by atoms with E-state index in [9.17, 15) is 4.79 Å². The van der Waals surface area contributed by atoms with E-state index in [1.165, 1.54) is 6.42 Å². The number of amides is 1. The summed E-state index contributed by atoms with van der Waals surface area (Å²) in [5.41, 5.74) is 1.16. The lowest BCUT2D eigenvalue weighted by Gasteiger charge is -2.29. The number of likely N-dealkylation sites (tertiary alicyclic amines) is 2. The Morgan fingerprint density at radius 1 is 1.04 bits per heavy atom. The van der Waals surface area contributed by atoms with Crippen LogP contribution >= 0.6 is 0 Å². The average Bonchev–Trinajstić information content (AvgIpc) is 3.19. The second kappa shape index (κ2) is 7.38. The predicted octanol–water partition coefficient (Wildman–Crippen LogP) is 2.15. The zero-order valence-electron chi connectivity index (χ0n) is 17.0. The number of rotatable bonds is 4. The summed E-state index contributed by atoms with van der Waals surface area (Å²) in [5, 5.41) is 0. The van der Waals surface area contributed by atoms with Gasteiger partial charge in [-0.2, -0.15) is 0 Å². The fourth-order valence-corrected chi connectivity index (χ4v) is 4.75. The van der Waals surface area contributed by atoms with E-state index < -0.39 is 0 Å². The minimum absolute atomic E-state index is 0.0516. The molecular formula is C21H33N5O. The Morgan fingerprint density at radius 3 is 2.44 bits per heavy atom. The van der Waals surface area contributed by atoms with Crippen molar-refractivity contribution in [2.45, 2.75) is 45.4 Å². The summed E-state index contributed by atoms with van der Waals surface area (Å²) in [7, 11) is 0. The Kier molecular flexibility index (Phi) is 5.10. The van der Waals surface area contributed by atoms with Crippen LogP contribution in [0.1, 0.15) is 45.7 Å². The third-order valence-corrected chi connectivity index (χ3v) is 6.41. The Balaban J connectivity index is 1.30. The number of nitrogens with zero attached hydrogens (tertiary/aromatic N) is 5. The van der Waals surface area contributed by atoms with Crippen molar-refractivity contribution in [3.8, 4) is 0 Å². The van der Waals surface area contributed by atoms with Crippen molar-refractivity contribution in [3.63, 3.8) is 0 Å². The maximum atomic E-state index is 12.0. The molecule has 1 aromatic heterocycles. The van der Waals surface area contributed by atoms with Crippen molar-refractivity contribution in [3.05, 3.63) is 18.1 Å². The third-order valence-electron chi connectivity index (χ3n) is 6.41. The van der Waals surface area contributed by atoms with E-state index in [-0.39, 0.29) is 5.41 Å². The van der Waals surface area contributed by atoms with Crippen molar-refractivity contribution in [2.24, 2.45) is 11.8 Å². The standard InChI is InChI=1S/C21H33N5O/c1-21(2,3)18-10-19(23-15-22-18)26-13-16-11-24(12-17(16)14-26)8-9-25-7-5-4-6-20(25)27/h10,15-17H,4-9,11-14H2,1-3H3. The second-order valence-electron chi connectivity index (χ2n) is 9.53. The van der Waals surface area contributed by atoms with Gasteiger partial charge in [0.2, 0.25) is 5.91 Å². The molecule has 3 aliphatic heterocycles. The van der Waals surface area contributed by atoms with E-state index in [0.29, 0.717) is 5.91 Å². The van der Waals surface area contributed by atoms with E-state index in [0.717, 1.165) is 82.0 Å². The summed E-state index contributed by atoms with van der Waals surface area (Å²) in [4.78, 5) is 28.1. The first kappa shape index (κ1) is 18.7. The molecule has 2 atom stereocenters. The molecule has 27 heavy (non-hydrogen) atoms. The van der Waals surface area contributed by atoms with Crippen LogP contribution in [0.25, 0.3) is 0 Å². The molecule has 2 unspecified atom stereocenters. The monoisotopic (exact) mass is 371 g/mol. The van der Waals surface area contributed by atoms with E-state index in [4.69, 9.17) is 0 Å². The van der Waals surface area contributed by atoms with Gasteiger partial charge in [-0.05, 0) is 24.7 Å².